The van der Waals surface area contributed by atoms with Crippen LogP contribution in [0.15, 0.2) is 50.1 Å². The van der Waals surface area contributed by atoms with Crippen molar-refractivity contribution in [2.45, 2.75) is 19.9 Å². The Bertz CT molecular complexity index is 1050. The topological polar surface area (TPSA) is 59.3 Å². The van der Waals surface area contributed by atoms with Gasteiger partial charge >= 0.3 is 0 Å². The summed E-state index contributed by atoms with van der Waals surface area (Å²) in [5.74, 6) is -0.237. The predicted octanol–water partition coefficient (Wildman–Crippen LogP) is 4.01. The zero-order valence-corrected chi connectivity index (χ0v) is 14.7. The van der Waals surface area contributed by atoms with Gasteiger partial charge in [-0.05, 0) is 54.8 Å². The van der Waals surface area contributed by atoms with E-state index in [2.05, 4.69) is 21.2 Å². The Kier molecular flexibility index (Phi) is 3.35. The Hall–Kier alpha value is -2.40. The van der Waals surface area contributed by atoms with Crippen LogP contribution in [0, 0.1) is 13.8 Å². The lowest BCUT2D eigenvalue weighted by atomic mass is 9.98. The molecule has 0 aliphatic carbocycles. The third-order valence-corrected chi connectivity index (χ3v) is 5.04. The largest absolute Gasteiger partial charge is 0.450 e. The zero-order chi connectivity index (χ0) is 17.0. The van der Waals surface area contributed by atoms with Gasteiger partial charge in [-0.2, -0.15) is 0 Å². The van der Waals surface area contributed by atoms with E-state index in [1.54, 1.807) is 0 Å². The van der Waals surface area contributed by atoms with Crippen LogP contribution in [0.3, 0.4) is 0 Å². The third-order valence-electron chi connectivity index (χ3n) is 4.52. The molecule has 0 saturated carbocycles. The molecule has 1 aromatic heterocycles. The van der Waals surface area contributed by atoms with Gasteiger partial charge in [-0.15, -0.1) is 0 Å². The first-order valence-electron chi connectivity index (χ1n) is 7.60. The summed E-state index contributed by atoms with van der Waals surface area (Å²) < 4.78 is 6.72. The van der Waals surface area contributed by atoms with Gasteiger partial charge in [0.15, 0.2) is 5.43 Å². The maximum absolute atomic E-state index is 13.0. The summed E-state index contributed by atoms with van der Waals surface area (Å²) in [7, 11) is 0. The van der Waals surface area contributed by atoms with Gasteiger partial charge < -0.3 is 9.73 Å². The van der Waals surface area contributed by atoms with E-state index in [9.17, 15) is 9.59 Å². The number of fused-ring (bicyclic) bond motifs is 2. The number of nitrogens with one attached hydrogen (secondary N) is 1. The molecule has 1 amide bonds. The zero-order valence-electron chi connectivity index (χ0n) is 13.1. The van der Waals surface area contributed by atoms with E-state index < -0.39 is 6.04 Å². The van der Waals surface area contributed by atoms with Crippen molar-refractivity contribution < 1.29 is 9.21 Å². The minimum atomic E-state index is -0.483. The van der Waals surface area contributed by atoms with Crippen molar-refractivity contribution in [2.24, 2.45) is 0 Å². The van der Waals surface area contributed by atoms with E-state index in [-0.39, 0.29) is 17.1 Å². The normalized spacial score (nSPS) is 16.3. The number of aryl methyl sites for hydroxylation is 2. The average molecular weight is 384 g/mol. The van der Waals surface area contributed by atoms with Crippen LogP contribution in [-0.2, 0) is 0 Å². The smallest absolute Gasteiger partial charge is 0.288 e. The molecule has 0 saturated heterocycles. The molecular weight excluding hydrogens is 370 g/mol. The van der Waals surface area contributed by atoms with Gasteiger partial charge in [0.2, 0.25) is 5.76 Å². The van der Waals surface area contributed by atoms with Gasteiger partial charge in [0.05, 0.1) is 17.0 Å². The van der Waals surface area contributed by atoms with Gasteiger partial charge in [-0.1, -0.05) is 28.1 Å². The minimum absolute atomic E-state index is 0.115. The summed E-state index contributed by atoms with van der Waals surface area (Å²) in [6, 6.07) is 10.7. The first kappa shape index (κ1) is 15.1. The molecule has 120 valence electrons. The van der Waals surface area contributed by atoms with Crippen molar-refractivity contribution in [1.29, 1.82) is 0 Å². The van der Waals surface area contributed by atoms with Crippen LogP contribution < -0.4 is 10.7 Å². The maximum Gasteiger partial charge on any atom is 0.288 e. The number of benzene rings is 2. The van der Waals surface area contributed by atoms with Crippen molar-refractivity contribution in [1.82, 2.24) is 5.32 Å². The number of rotatable bonds is 1. The molecule has 1 atom stereocenters. The maximum atomic E-state index is 13.0. The minimum Gasteiger partial charge on any atom is -0.450 e. The highest BCUT2D eigenvalue weighted by Crippen LogP contribution is 2.32. The molecular formula is C19H14BrNO3. The molecule has 4 nitrogen and oxygen atoms in total. The molecule has 0 bridgehead atoms. The van der Waals surface area contributed by atoms with Crippen molar-refractivity contribution in [3.63, 3.8) is 0 Å². The monoisotopic (exact) mass is 383 g/mol. The second kappa shape index (κ2) is 5.31. The number of hydrogen-bond donors (Lipinski definition) is 1. The summed E-state index contributed by atoms with van der Waals surface area (Å²) in [6.45, 7) is 3.91. The number of halogens is 1. The fourth-order valence-electron chi connectivity index (χ4n) is 3.07. The molecule has 2 heterocycles. The predicted molar refractivity (Wildman–Crippen MR) is 95.4 cm³/mol. The first-order chi connectivity index (χ1) is 11.5. The summed E-state index contributed by atoms with van der Waals surface area (Å²) in [6.07, 6.45) is 0. The fraction of sp³-hybridized carbons (Fsp3) is 0.158. The van der Waals surface area contributed by atoms with E-state index in [1.807, 2.05) is 50.2 Å². The van der Waals surface area contributed by atoms with Crippen molar-refractivity contribution in [3.05, 3.63) is 79.1 Å². The molecule has 3 aromatic rings. The summed E-state index contributed by atoms with van der Waals surface area (Å²) in [4.78, 5) is 25.3. The molecule has 2 aromatic carbocycles. The van der Waals surface area contributed by atoms with Gasteiger partial charge in [-0.3, -0.25) is 9.59 Å². The second-order valence-electron chi connectivity index (χ2n) is 6.06. The summed E-state index contributed by atoms with van der Waals surface area (Å²) in [5, 5.41) is 3.36. The second-order valence-corrected chi connectivity index (χ2v) is 6.98. The van der Waals surface area contributed by atoms with Crippen molar-refractivity contribution in [2.75, 3.05) is 0 Å². The lowest BCUT2D eigenvalue weighted by Crippen LogP contribution is -2.21. The van der Waals surface area contributed by atoms with Crippen LogP contribution in [0.25, 0.3) is 11.0 Å². The molecule has 0 spiro atoms. The highest BCUT2D eigenvalue weighted by atomic mass is 79.9. The Morgan fingerprint density at radius 2 is 1.71 bits per heavy atom. The van der Waals surface area contributed by atoms with E-state index >= 15 is 0 Å². The Labute approximate surface area is 146 Å². The lowest BCUT2D eigenvalue weighted by molar-refractivity contribution is 0.0938. The first-order valence-corrected chi connectivity index (χ1v) is 8.39. The summed E-state index contributed by atoms with van der Waals surface area (Å²) >= 11 is 3.39. The Balaban J connectivity index is 2.00. The molecule has 0 fully saturated rings. The fourth-order valence-corrected chi connectivity index (χ4v) is 3.33. The Morgan fingerprint density at radius 1 is 1.04 bits per heavy atom. The molecule has 24 heavy (non-hydrogen) atoms. The lowest BCUT2D eigenvalue weighted by Gasteiger charge is -2.12. The van der Waals surface area contributed by atoms with Gasteiger partial charge in [0, 0.05) is 4.47 Å². The van der Waals surface area contributed by atoms with Gasteiger partial charge in [-0.25, -0.2) is 0 Å². The van der Waals surface area contributed by atoms with E-state index in [0.717, 1.165) is 21.2 Å². The summed E-state index contributed by atoms with van der Waals surface area (Å²) in [5.41, 5.74) is 3.58. The molecule has 1 unspecified atom stereocenters. The van der Waals surface area contributed by atoms with E-state index in [1.165, 1.54) is 0 Å². The molecule has 5 heteroatoms. The van der Waals surface area contributed by atoms with Crippen molar-refractivity contribution in [3.8, 4) is 0 Å². The van der Waals surface area contributed by atoms with Crippen LogP contribution in [0.5, 0.6) is 0 Å². The van der Waals surface area contributed by atoms with Crippen LogP contribution in [0.2, 0.25) is 0 Å². The highest BCUT2D eigenvalue weighted by Gasteiger charge is 2.35. The standard InChI is InChI=1S/C19H14BrNO3/c1-9-7-13-14(8-10(9)2)24-18-15(17(13)22)16(21-19(18)23)11-3-5-12(20)6-4-11/h3-8,16H,1-2H3,(H,21,23). The number of carbonyl (C=O) groups excluding carboxylic acids is 1. The Morgan fingerprint density at radius 3 is 2.42 bits per heavy atom. The van der Waals surface area contributed by atoms with E-state index in [0.29, 0.717) is 16.5 Å². The number of hydrogen-bond acceptors (Lipinski definition) is 3. The van der Waals surface area contributed by atoms with Crippen molar-refractivity contribution >= 4 is 32.8 Å². The molecule has 1 aliphatic heterocycles. The highest BCUT2D eigenvalue weighted by molar-refractivity contribution is 9.10. The SMILES string of the molecule is Cc1cc2oc3c(c(=O)c2cc1C)C(c1ccc(Br)cc1)NC3=O. The quantitative estimate of drug-likeness (QED) is 0.690. The van der Waals surface area contributed by atoms with Crippen LogP contribution >= 0.6 is 15.9 Å². The average Bonchev–Trinajstić information content (AvgIpc) is 2.88. The van der Waals surface area contributed by atoms with Crippen LogP contribution in [0.1, 0.15) is 38.9 Å². The molecule has 1 N–H and O–H groups in total. The molecule has 4 rings (SSSR count). The number of carbonyl (C=O) groups is 1. The van der Waals surface area contributed by atoms with E-state index in [4.69, 9.17) is 4.42 Å². The molecule has 1 aliphatic rings. The van der Waals surface area contributed by atoms with Crippen LogP contribution in [0.4, 0.5) is 0 Å². The number of amides is 1. The van der Waals surface area contributed by atoms with Gasteiger partial charge in [0.1, 0.15) is 5.58 Å². The van der Waals surface area contributed by atoms with Crippen LogP contribution in [-0.4, -0.2) is 5.91 Å². The van der Waals surface area contributed by atoms with Gasteiger partial charge in [0.25, 0.3) is 5.91 Å². The molecule has 0 radical (unpaired) electrons. The third kappa shape index (κ3) is 2.19.